The number of rotatable bonds is 5. The number of thiophene rings is 1. The summed E-state index contributed by atoms with van der Waals surface area (Å²) in [6.45, 7) is 2.05. The van der Waals surface area contributed by atoms with E-state index in [0.29, 0.717) is 12.1 Å². The minimum absolute atomic E-state index is 0.282. The minimum Gasteiger partial charge on any atom is -0.452 e. The van der Waals surface area contributed by atoms with Crippen LogP contribution in [0.4, 0.5) is 0 Å². The predicted octanol–water partition coefficient (Wildman–Crippen LogP) is 4.47. The number of carbonyl (C=O) groups is 2. The number of ether oxygens (including phenoxy) is 1. The molecule has 0 radical (unpaired) electrons. The van der Waals surface area contributed by atoms with Gasteiger partial charge in [0.2, 0.25) is 0 Å². The number of hydrogen-bond donors (Lipinski definition) is 1. The number of nitrogens with zero attached hydrogens (tertiary/aromatic N) is 1. The number of fused-ring (bicyclic) bond motifs is 2. The van der Waals surface area contributed by atoms with Gasteiger partial charge in [0, 0.05) is 16.8 Å². The molecule has 1 aromatic carbocycles. The maximum atomic E-state index is 13.0. The van der Waals surface area contributed by atoms with Gasteiger partial charge in [-0.2, -0.15) is 0 Å². The van der Waals surface area contributed by atoms with Gasteiger partial charge < -0.3 is 10.1 Å². The average molecular weight is 407 g/mol. The number of carbonyl (C=O) groups excluding carboxylic acids is 2. The second-order valence-corrected chi connectivity index (χ2v) is 7.88. The second kappa shape index (κ2) is 8.57. The summed E-state index contributed by atoms with van der Waals surface area (Å²) in [6, 6.07) is 11.7. The fourth-order valence-corrected chi connectivity index (χ4v) is 4.39. The molecule has 5 nitrogen and oxygen atoms in total. The molecule has 0 fully saturated rings. The van der Waals surface area contributed by atoms with Gasteiger partial charge in [0.15, 0.2) is 6.61 Å². The van der Waals surface area contributed by atoms with Gasteiger partial charge in [0.1, 0.15) is 0 Å². The van der Waals surface area contributed by atoms with Crippen molar-refractivity contribution in [2.24, 2.45) is 0 Å². The third-order valence-corrected chi connectivity index (χ3v) is 5.76. The van der Waals surface area contributed by atoms with Crippen LogP contribution in [0, 0.1) is 0 Å². The lowest BCUT2D eigenvalue weighted by Gasteiger charge is -2.22. The van der Waals surface area contributed by atoms with Crippen molar-refractivity contribution < 1.29 is 14.3 Å². The number of benzene rings is 1. The van der Waals surface area contributed by atoms with E-state index in [1.165, 1.54) is 4.88 Å². The lowest BCUT2D eigenvalue weighted by molar-refractivity contribution is -0.124. The molecule has 148 valence electrons. The zero-order chi connectivity index (χ0) is 20.2. The highest BCUT2D eigenvalue weighted by Gasteiger charge is 2.26. The molecule has 4 rings (SSSR count). The average Bonchev–Trinajstić information content (AvgIpc) is 3.24. The Morgan fingerprint density at radius 2 is 2.07 bits per heavy atom. The van der Waals surface area contributed by atoms with Crippen LogP contribution in [0.25, 0.3) is 22.6 Å². The van der Waals surface area contributed by atoms with E-state index in [0.717, 1.165) is 47.0 Å². The van der Waals surface area contributed by atoms with Crippen LogP contribution in [-0.4, -0.2) is 30.0 Å². The van der Waals surface area contributed by atoms with Crippen LogP contribution in [0.1, 0.15) is 46.3 Å². The van der Waals surface area contributed by atoms with Gasteiger partial charge in [-0.25, -0.2) is 9.78 Å². The number of pyridine rings is 1. The molecule has 0 saturated carbocycles. The lowest BCUT2D eigenvalue weighted by atomic mass is 9.86. The van der Waals surface area contributed by atoms with Crippen LogP contribution in [0.2, 0.25) is 0 Å². The summed E-state index contributed by atoms with van der Waals surface area (Å²) < 4.78 is 5.36. The van der Waals surface area contributed by atoms with Gasteiger partial charge in [-0.3, -0.25) is 4.79 Å². The Morgan fingerprint density at radius 3 is 2.86 bits per heavy atom. The molecule has 3 aromatic rings. The van der Waals surface area contributed by atoms with Crippen LogP contribution >= 0.6 is 11.3 Å². The van der Waals surface area contributed by atoms with Gasteiger partial charge in [-0.05, 0) is 60.9 Å². The zero-order valence-corrected chi connectivity index (χ0v) is 17.1. The molecular formula is C23H22N2O3S. The first kappa shape index (κ1) is 19.3. The molecule has 1 N–H and O–H groups in total. The smallest absolute Gasteiger partial charge is 0.339 e. The Labute approximate surface area is 173 Å². The third kappa shape index (κ3) is 4.07. The van der Waals surface area contributed by atoms with E-state index >= 15 is 0 Å². The molecule has 0 saturated heterocycles. The van der Waals surface area contributed by atoms with E-state index in [-0.39, 0.29) is 12.5 Å². The molecule has 6 heteroatoms. The number of amides is 1. The fraction of sp³-hybridized carbons (Fsp3) is 0.261. The Hall–Kier alpha value is -2.99. The summed E-state index contributed by atoms with van der Waals surface area (Å²) >= 11 is 1.68. The first-order valence-electron chi connectivity index (χ1n) is 9.77. The van der Waals surface area contributed by atoms with Crippen LogP contribution < -0.4 is 5.32 Å². The maximum absolute atomic E-state index is 13.0. The number of para-hydroxylation sites is 1. The molecule has 2 heterocycles. The summed E-state index contributed by atoms with van der Waals surface area (Å²) in [7, 11) is 0. The van der Waals surface area contributed by atoms with Crippen molar-refractivity contribution in [1.29, 1.82) is 0 Å². The number of hydrogen-bond acceptors (Lipinski definition) is 5. The Morgan fingerprint density at radius 1 is 1.21 bits per heavy atom. The van der Waals surface area contributed by atoms with Crippen LogP contribution in [0.3, 0.4) is 0 Å². The summed E-state index contributed by atoms with van der Waals surface area (Å²) in [5.74, 6) is -0.769. The summed E-state index contributed by atoms with van der Waals surface area (Å²) in [5, 5.41) is 5.46. The minimum atomic E-state index is -0.469. The van der Waals surface area contributed by atoms with Crippen LogP contribution in [0.15, 0.2) is 41.8 Å². The van der Waals surface area contributed by atoms with E-state index in [1.807, 2.05) is 42.6 Å². The van der Waals surface area contributed by atoms with Gasteiger partial charge in [-0.15, -0.1) is 11.3 Å². The summed E-state index contributed by atoms with van der Waals surface area (Å²) in [6.07, 6.45) is 4.79. The summed E-state index contributed by atoms with van der Waals surface area (Å²) in [5.41, 5.74) is 4.21. The zero-order valence-electron chi connectivity index (χ0n) is 16.2. The number of nitrogens with one attached hydrogen (secondary N) is 1. The van der Waals surface area contributed by atoms with Gasteiger partial charge >= 0.3 is 5.97 Å². The van der Waals surface area contributed by atoms with E-state index in [2.05, 4.69) is 17.5 Å². The molecule has 1 aliphatic carbocycles. The van der Waals surface area contributed by atoms with E-state index in [1.54, 1.807) is 11.3 Å². The maximum Gasteiger partial charge on any atom is 0.339 e. The molecule has 29 heavy (non-hydrogen) atoms. The molecule has 0 spiro atoms. The SMILES string of the molecule is CCNC(=O)COC(=O)c1c2c(nc3ccccc13)/C(=C\c1cccs1)CCC2. The number of aromatic nitrogens is 1. The molecule has 0 bridgehead atoms. The van der Waals surface area contributed by atoms with Gasteiger partial charge in [0.05, 0.1) is 16.8 Å². The van der Waals surface area contributed by atoms with E-state index in [9.17, 15) is 9.59 Å². The molecule has 2 aromatic heterocycles. The van der Waals surface area contributed by atoms with Crippen molar-refractivity contribution >= 4 is 45.8 Å². The van der Waals surface area contributed by atoms with Crippen molar-refractivity contribution in [3.8, 4) is 0 Å². The quantitative estimate of drug-likeness (QED) is 0.635. The molecule has 0 atom stereocenters. The van der Waals surface area contributed by atoms with Crippen molar-refractivity contribution in [2.45, 2.75) is 26.2 Å². The highest BCUT2D eigenvalue weighted by Crippen LogP contribution is 2.36. The first-order valence-corrected chi connectivity index (χ1v) is 10.6. The van der Waals surface area contributed by atoms with E-state index < -0.39 is 5.97 Å². The fourth-order valence-electron chi connectivity index (χ4n) is 3.70. The van der Waals surface area contributed by atoms with Crippen molar-refractivity contribution in [1.82, 2.24) is 10.3 Å². The molecule has 0 aliphatic heterocycles. The van der Waals surface area contributed by atoms with Crippen LogP contribution in [0.5, 0.6) is 0 Å². The molecular weight excluding hydrogens is 384 g/mol. The normalized spacial score (nSPS) is 14.6. The monoisotopic (exact) mass is 406 g/mol. The summed E-state index contributed by atoms with van der Waals surface area (Å²) in [4.78, 5) is 30.8. The van der Waals surface area contributed by atoms with Crippen LogP contribution in [-0.2, 0) is 16.0 Å². The molecule has 1 aliphatic rings. The largest absolute Gasteiger partial charge is 0.452 e. The van der Waals surface area contributed by atoms with Gasteiger partial charge in [-0.1, -0.05) is 24.3 Å². The number of allylic oxidation sites excluding steroid dienone is 1. The third-order valence-electron chi connectivity index (χ3n) is 4.94. The second-order valence-electron chi connectivity index (χ2n) is 6.90. The van der Waals surface area contributed by atoms with Crippen molar-refractivity contribution in [2.75, 3.05) is 13.2 Å². The molecule has 1 amide bonds. The Kier molecular flexibility index (Phi) is 5.71. The predicted molar refractivity (Wildman–Crippen MR) is 116 cm³/mol. The van der Waals surface area contributed by atoms with E-state index in [4.69, 9.17) is 9.72 Å². The van der Waals surface area contributed by atoms with Crippen molar-refractivity contribution in [3.63, 3.8) is 0 Å². The Balaban J connectivity index is 1.79. The number of esters is 1. The highest BCUT2D eigenvalue weighted by atomic mass is 32.1. The number of likely N-dealkylation sites (N-methyl/N-ethyl adjacent to an activating group) is 1. The van der Waals surface area contributed by atoms with Gasteiger partial charge in [0.25, 0.3) is 5.91 Å². The lowest BCUT2D eigenvalue weighted by Crippen LogP contribution is -2.28. The Bertz CT molecular complexity index is 1090. The standard InChI is InChI=1S/C23H22N2O3S/c1-2-24-20(26)14-28-23(27)21-17-9-3-4-11-19(17)25-22-15(7-5-10-18(21)22)13-16-8-6-12-29-16/h3-4,6,8-9,11-13H,2,5,7,10,14H2,1H3,(H,24,26)/b15-13-. The van der Waals surface area contributed by atoms with Crippen molar-refractivity contribution in [3.05, 3.63) is 63.5 Å². The topological polar surface area (TPSA) is 68.3 Å². The molecule has 0 unspecified atom stereocenters. The first-order chi connectivity index (χ1) is 14.2. The highest BCUT2D eigenvalue weighted by molar-refractivity contribution is 7.10.